The van der Waals surface area contributed by atoms with Crippen LogP contribution in [0.1, 0.15) is 38.8 Å². The molecule has 7 heteroatoms. The molecule has 0 saturated carbocycles. The van der Waals surface area contributed by atoms with Gasteiger partial charge in [-0.1, -0.05) is 66.2 Å². The minimum atomic E-state index is -0.203. The molecule has 39 heavy (non-hydrogen) atoms. The summed E-state index contributed by atoms with van der Waals surface area (Å²) in [6.07, 6.45) is 1.45. The van der Waals surface area contributed by atoms with E-state index in [0.29, 0.717) is 36.7 Å². The Kier molecular flexibility index (Phi) is 8.77. The van der Waals surface area contributed by atoms with E-state index >= 15 is 0 Å². The summed E-state index contributed by atoms with van der Waals surface area (Å²) < 4.78 is 5.24. The van der Waals surface area contributed by atoms with Gasteiger partial charge in [0.1, 0.15) is 6.54 Å². The van der Waals surface area contributed by atoms with Crippen LogP contribution in [0.25, 0.3) is 11.1 Å². The van der Waals surface area contributed by atoms with Crippen LogP contribution in [0, 0.1) is 0 Å². The average molecular weight is 559 g/mol. The molecular formula is C32H31ClN2O3S. The van der Waals surface area contributed by atoms with E-state index in [-0.39, 0.29) is 24.4 Å². The van der Waals surface area contributed by atoms with E-state index < -0.39 is 0 Å². The molecule has 200 valence electrons. The number of rotatable bonds is 9. The van der Waals surface area contributed by atoms with Crippen LogP contribution in [0.2, 0.25) is 5.02 Å². The van der Waals surface area contributed by atoms with E-state index in [1.54, 1.807) is 23.3 Å². The third-order valence-electron chi connectivity index (χ3n) is 7.10. The normalized spacial score (nSPS) is 14.6. The van der Waals surface area contributed by atoms with Crippen molar-refractivity contribution in [3.05, 3.63) is 117 Å². The lowest BCUT2D eigenvalue weighted by Gasteiger charge is -2.37. The van der Waals surface area contributed by atoms with Crippen LogP contribution in [0.3, 0.4) is 0 Å². The van der Waals surface area contributed by atoms with Gasteiger partial charge in [0.15, 0.2) is 0 Å². The third-order valence-corrected chi connectivity index (χ3v) is 8.35. The molecule has 3 aromatic carbocycles. The van der Waals surface area contributed by atoms with Gasteiger partial charge in [0.25, 0.3) is 5.91 Å². The number of benzene rings is 3. The Morgan fingerprint density at radius 2 is 1.69 bits per heavy atom. The lowest BCUT2D eigenvalue weighted by atomic mass is 9.93. The number of carbonyl (C=O) groups excluding carboxylic acids is 2. The van der Waals surface area contributed by atoms with Crippen molar-refractivity contribution in [3.63, 3.8) is 0 Å². The van der Waals surface area contributed by atoms with Crippen molar-refractivity contribution < 1.29 is 14.3 Å². The Morgan fingerprint density at radius 1 is 0.974 bits per heavy atom. The van der Waals surface area contributed by atoms with Crippen molar-refractivity contribution in [2.24, 2.45) is 0 Å². The topological polar surface area (TPSA) is 49.9 Å². The zero-order valence-corrected chi connectivity index (χ0v) is 23.5. The van der Waals surface area contributed by atoms with Crippen LogP contribution >= 0.6 is 22.9 Å². The number of hydrogen-bond donors (Lipinski definition) is 0. The zero-order valence-electron chi connectivity index (χ0n) is 21.9. The van der Waals surface area contributed by atoms with Gasteiger partial charge in [-0.05, 0) is 70.8 Å². The SMILES string of the molecule is COCCCN(CC(=O)N1CCc2sccc2C1c1ccc(Cl)cc1)C(=O)c1ccc(-c2ccccc2)cc1. The highest BCUT2D eigenvalue weighted by Crippen LogP contribution is 2.38. The van der Waals surface area contributed by atoms with E-state index in [4.69, 9.17) is 16.3 Å². The van der Waals surface area contributed by atoms with E-state index in [1.165, 1.54) is 4.88 Å². The van der Waals surface area contributed by atoms with Crippen LogP contribution in [0.5, 0.6) is 0 Å². The van der Waals surface area contributed by atoms with Crippen molar-refractivity contribution in [1.29, 1.82) is 0 Å². The molecule has 0 spiro atoms. The first-order chi connectivity index (χ1) is 19.0. The second kappa shape index (κ2) is 12.6. The summed E-state index contributed by atoms with van der Waals surface area (Å²) in [5.41, 5.74) is 4.86. The second-order valence-electron chi connectivity index (χ2n) is 9.61. The van der Waals surface area contributed by atoms with Gasteiger partial charge in [-0.15, -0.1) is 11.3 Å². The number of fused-ring (bicyclic) bond motifs is 1. The molecule has 5 nitrogen and oxygen atoms in total. The van der Waals surface area contributed by atoms with Crippen molar-refractivity contribution in [2.45, 2.75) is 18.9 Å². The number of thiophene rings is 1. The van der Waals surface area contributed by atoms with Crippen LogP contribution in [-0.2, 0) is 16.0 Å². The van der Waals surface area contributed by atoms with Gasteiger partial charge in [0.05, 0.1) is 6.04 Å². The minimum Gasteiger partial charge on any atom is -0.385 e. The Labute approximate surface area is 238 Å². The predicted octanol–water partition coefficient (Wildman–Crippen LogP) is 6.72. The zero-order chi connectivity index (χ0) is 27.2. The van der Waals surface area contributed by atoms with E-state index in [1.807, 2.05) is 83.8 Å². The minimum absolute atomic E-state index is 0.00649. The monoisotopic (exact) mass is 558 g/mol. The Balaban J connectivity index is 1.38. The lowest BCUT2D eigenvalue weighted by molar-refractivity contribution is -0.134. The molecule has 0 bridgehead atoms. The number of halogens is 1. The molecule has 1 aliphatic heterocycles. The van der Waals surface area contributed by atoms with Crippen molar-refractivity contribution in [2.75, 3.05) is 33.4 Å². The fourth-order valence-electron chi connectivity index (χ4n) is 5.11. The third kappa shape index (κ3) is 6.25. The van der Waals surface area contributed by atoms with Gasteiger partial charge in [-0.3, -0.25) is 9.59 Å². The molecule has 1 aromatic heterocycles. The smallest absolute Gasteiger partial charge is 0.254 e. The molecule has 2 amide bonds. The summed E-state index contributed by atoms with van der Waals surface area (Å²) in [7, 11) is 1.64. The van der Waals surface area contributed by atoms with Crippen LogP contribution < -0.4 is 0 Å². The molecule has 2 heterocycles. The number of amides is 2. The molecule has 1 unspecified atom stereocenters. The first kappa shape index (κ1) is 27.1. The largest absolute Gasteiger partial charge is 0.385 e. The summed E-state index contributed by atoms with van der Waals surface area (Å²) in [4.78, 5) is 32.4. The summed E-state index contributed by atoms with van der Waals surface area (Å²) in [5, 5.41) is 2.74. The molecule has 0 radical (unpaired) electrons. The molecule has 1 aliphatic rings. The van der Waals surface area contributed by atoms with Crippen LogP contribution in [0.15, 0.2) is 90.3 Å². The molecule has 0 fully saturated rings. The number of ether oxygens (including phenoxy) is 1. The molecule has 0 saturated heterocycles. The summed E-state index contributed by atoms with van der Waals surface area (Å²) in [5.74, 6) is -0.228. The highest BCUT2D eigenvalue weighted by Gasteiger charge is 2.34. The van der Waals surface area contributed by atoms with Crippen molar-refractivity contribution >= 4 is 34.8 Å². The van der Waals surface area contributed by atoms with Crippen LogP contribution in [-0.4, -0.2) is 55.0 Å². The van der Waals surface area contributed by atoms with Gasteiger partial charge < -0.3 is 14.5 Å². The number of methoxy groups -OCH3 is 1. The molecule has 0 aliphatic carbocycles. The van der Waals surface area contributed by atoms with E-state index in [0.717, 1.165) is 28.7 Å². The van der Waals surface area contributed by atoms with Gasteiger partial charge >= 0.3 is 0 Å². The van der Waals surface area contributed by atoms with Gasteiger partial charge in [0.2, 0.25) is 5.91 Å². The molecule has 0 N–H and O–H groups in total. The first-order valence-corrected chi connectivity index (χ1v) is 14.4. The van der Waals surface area contributed by atoms with Gasteiger partial charge in [-0.2, -0.15) is 0 Å². The van der Waals surface area contributed by atoms with E-state index in [9.17, 15) is 9.59 Å². The second-order valence-corrected chi connectivity index (χ2v) is 11.0. The summed E-state index contributed by atoms with van der Waals surface area (Å²) >= 11 is 7.89. The molecule has 5 rings (SSSR count). The number of nitrogens with zero attached hydrogens (tertiary/aromatic N) is 2. The lowest BCUT2D eigenvalue weighted by Crippen LogP contribution is -2.47. The Hall–Kier alpha value is -3.45. The molecule has 1 atom stereocenters. The van der Waals surface area contributed by atoms with Crippen molar-refractivity contribution in [3.8, 4) is 11.1 Å². The number of hydrogen-bond acceptors (Lipinski definition) is 4. The Morgan fingerprint density at radius 3 is 2.41 bits per heavy atom. The first-order valence-electron chi connectivity index (χ1n) is 13.1. The Bertz CT molecular complexity index is 1400. The quantitative estimate of drug-likeness (QED) is 0.214. The number of carbonyl (C=O) groups is 2. The average Bonchev–Trinajstić information content (AvgIpc) is 3.46. The molecular weight excluding hydrogens is 528 g/mol. The highest BCUT2D eigenvalue weighted by molar-refractivity contribution is 7.10. The maximum Gasteiger partial charge on any atom is 0.254 e. The highest BCUT2D eigenvalue weighted by atomic mass is 35.5. The van der Waals surface area contributed by atoms with Crippen LogP contribution in [0.4, 0.5) is 0 Å². The van der Waals surface area contributed by atoms with Gasteiger partial charge in [0, 0.05) is 42.3 Å². The molecule has 4 aromatic rings. The standard InChI is InChI=1S/C32H31ClN2O3S/c1-38-20-5-18-34(32(37)26-10-8-24(9-11-26)23-6-3-2-4-7-23)22-30(36)35-19-16-29-28(17-21-39-29)31(35)25-12-14-27(33)15-13-25/h2-4,6-15,17,21,31H,5,16,18-20,22H2,1H3. The fourth-order valence-corrected chi connectivity index (χ4v) is 6.14. The maximum absolute atomic E-state index is 13.9. The van der Waals surface area contributed by atoms with Gasteiger partial charge in [-0.25, -0.2) is 0 Å². The maximum atomic E-state index is 13.9. The fraction of sp³-hybridized carbons (Fsp3) is 0.250. The summed E-state index contributed by atoms with van der Waals surface area (Å²) in [6, 6.07) is 27.2. The summed E-state index contributed by atoms with van der Waals surface area (Å²) in [6.45, 7) is 1.56. The predicted molar refractivity (Wildman–Crippen MR) is 157 cm³/mol. The van der Waals surface area contributed by atoms with Crippen molar-refractivity contribution in [1.82, 2.24) is 9.80 Å². The van der Waals surface area contributed by atoms with E-state index in [2.05, 4.69) is 11.4 Å².